The van der Waals surface area contributed by atoms with E-state index in [1.54, 1.807) is 11.8 Å². The molecule has 0 aliphatic carbocycles. The standard InChI is InChI=1S/C17H22N2O6/c1-2-24-16(20)9-10-18(12-15-4-3-11-25-15)17(21)13-5-7-14(8-6-13)19(22)23/h5-8,15H,2-4,9-12H2,1H3. The Labute approximate surface area is 145 Å². The molecule has 1 fully saturated rings. The van der Waals surface area contributed by atoms with Crippen molar-refractivity contribution in [3.8, 4) is 0 Å². The van der Waals surface area contributed by atoms with E-state index >= 15 is 0 Å². The summed E-state index contributed by atoms with van der Waals surface area (Å²) in [5, 5.41) is 10.7. The van der Waals surface area contributed by atoms with Crippen LogP contribution in [0.4, 0.5) is 5.69 Å². The van der Waals surface area contributed by atoms with Crippen molar-refractivity contribution >= 4 is 17.6 Å². The van der Waals surface area contributed by atoms with Gasteiger partial charge in [0.15, 0.2) is 0 Å². The van der Waals surface area contributed by atoms with E-state index in [1.807, 2.05) is 0 Å². The number of carbonyl (C=O) groups is 2. The van der Waals surface area contributed by atoms with Gasteiger partial charge in [-0.3, -0.25) is 19.7 Å². The van der Waals surface area contributed by atoms with Crippen LogP contribution in [0, 0.1) is 10.1 Å². The molecule has 1 unspecified atom stereocenters. The molecule has 0 aromatic heterocycles. The minimum absolute atomic E-state index is 0.0517. The number of nitro groups is 1. The summed E-state index contributed by atoms with van der Waals surface area (Å²) >= 11 is 0. The molecule has 1 aromatic rings. The molecule has 0 radical (unpaired) electrons. The molecule has 0 bridgehead atoms. The second kappa shape index (κ2) is 9.12. The average Bonchev–Trinajstić information content (AvgIpc) is 3.11. The average molecular weight is 350 g/mol. The van der Waals surface area contributed by atoms with Gasteiger partial charge in [0.25, 0.3) is 11.6 Å². The first kappa shape index (κ1) is 18.9. The Bertz CT molecular complexity index is 610. The first-order valence-electron chi connectivity index (χ1n) is 8.32. The molecule has 0 spiro atoms. The second-order valence-corrected chi connectivity index (χ2v) is 5.75. The van der Waals surface area contributed by atoms with Crippen LogP contribution in [0.2, 0.25) is 0 Å². The fourth-order valence-corrected chi connectivity index (χ4v) is 2.68. The van der Waals surface area contributed by atoms with Crippen molar-refractivity contribution in [3.05, 3.63) is 39.9 Å². The van der Waals surface area contributed by atoms with Crippen LogP contribution in [-0.4, -0.2) is 54.1 Å². The number of rotatable bonds is 8. The molecule has 1 atom stereocenters. The van der Waals surface area contributed by atoms with Gasteiger partial charge in [0.1, 0.15) is 0 Å². The van der Waals surface area contributed by atoms with Crippen LogP contribution >= 0.6 is 0 Å². The molecule has 1 aromatic carbocycles. The summed E-state index contributed by atoms with van der Waals surface area (Å²) in [5.74, 6) is -0.647. The van der Waals surface area contributed by atoms with Crippen LogP contribution in [0.5, 0.6) is 0 Å². The van der Waals surface area contributed by atoms with Crippen LogP contribution in [0.1, 0.15) is 36.5 Å². The molecule has 8 nitrogen and oxygen atoms in total. The summed E-state index contributed by atoms with van der Waals surface area (Å²) in [6.45, 7) is 3.29. The lowest BCUT2D eigenvalue weighted by molar-refractivity contribution is -0.384. The van der Waals surface area contributed by atoms with Gasteiger partial charge in [-0.2, -0.15) is 0 Å². The van der Waals surface area contributed by atoms with Crippen LogP contribution < -0.4 is 0 Å². The van der Waals surface area contributed by atoms with Gasteiger partial charge in [-0.05, 0) is 31.9 Å². The molecule has 25 heavy (non-hydrogen) atoms. The number of non-ortho nitro benzene ring substituents is 1. The highest BCUT2D eigenvalue weighted by atomic mass is 16.6. The van der Waals surface area contributed by atoms with E-state index in [4.69, 9.17) is 9.47 Å². The van der Waals surface area contributed by atoms with E-state index in [1.165, 1.54) is 24.3 Å². The monoisotopic (exact) mass is 350 g/mol. The fourth-order valence-electron chi connectivity index (χ4n) is 2.68. The first-order chi connectivity index (χ1) is 12.0. The maximum atomic E-state index is 12.7. The molecule has 136 valence electrons. The zero-order valence-corrected chi connectivity index (χ0v) is 14.2. The largest absolute Gasteiger partial charge is 0.466 e. The maximum Gasteiger partial charge on any atom is 0.307 e. The Morgan fingerprint density at radius 2 is 2.08 bits per heavy atom. The molecule has 1 amide bonds. The van der Waals surface area contributed by atoms with Gasteiger partial charge in [0, 0.05) is 37.4 Å². The lowest BCUT2D eigenvalue weighted by atomic mass is 10.1. The molecule has 0 saturated carbocycles. The first-order valence-corrected chi connectivity index (χ1v) is 8.32. The van der Waals surface area contributed by atoms with E-state index < -0.39 is 4.92 Å². The minimum atomic E-state index is -0.515. The fraction of sp³-hybridized carbons (Fsp3) is 0.529. The van der Waals surface area contributed by atoms with Gasteiger partial charge < -0.3 is 14.4 Å². The zero-order chi connectivity index (χ0) is 18.2. The number of carbonyl (C=O) groups excluding carboxylic acids is 2. The van der Waals surface area contributed by atoms with E-state index in [9.17, 15) is 19.7 Å². The number of nitrogens with zero attached hydrogens (tertiary/aromatic N) is 2. The van der Waals surface area contributed by atoms with Crippen molar-refractivity contribution in [1.82, 2.24) is 4.90 Å². The van der Waals surface area contributed by atoms with Crippen LogP contribution in [0.15, 0.2) is 24.3 Å². The van der Waals surface area contributed by atoms with Gasteiger partial charge >= 0.3 is 5.97 Å². The van der Waals surface area contributed by atoms with Crippen molar-refractivity contribution in [2.24, 2.45) is 0 Å². The van der Waals surface area contributed by atoms with Gasteiger partial charge in [-0.25, -0.2) is 0 Å². The number of hydrogen-bond acceptors (Lipinski definition) is 6. The van der Waals surface area contributed by atoms with Crippen molar-refractivity contribution in [3.63, 3.8) is 0 Å². The summed E-state index contributed by atoms with van der Waals surface area (Å²) in [4.78, 5) is 36.1. The van der Waals surface area contributed by atoms with E-state index in [0.29, 0.717) is 25.3 Å². The van der Waals surface area contributed by atoms with E-state index in [2.05, 4.69) is 0 Å². The summed E-state index contributed by atoms with van der Waals surface area (Å²) in [7, 11) is 0. The highest BCUT2D eigenvalue weighted by Crippen LogP contribution is 2.17. The number of benzene rings is 1. The third kappa shape index (κ3) is 5.53. The lowest BCUT2D eigenvalue weighted by Crippen LogP contribution is -2.39. The SMILES string of the molecule is CCOC(=O)CCN(CC1CCCO1)C(=O)c1ccc([N+](=O)[O-])cc1. The molecule has 1 heterocycles. The molecular formula is C17H22N2O6. The molecular weight excluding hydrogens is 328 g/mol. The molecule has 1 saturated heterocycles. The smallest absolute Gasteiger partial charge is 0.307 e. The number of hydrogen-bond donors (Lipinski definition) is 0. The van der Waals surface area contributed by atoms with Crippen molar-refractivity contribution in [2.75, 3.05) is 26.3 Å². The number of esters is 1. The normalized spacial score (nSPS) is 16.4. The molecule has 2 rings (SSSR count). The van der Waals surface area contributed by atoms with E-state index in [0.717, 1.165) is 12.8 Å². The predicted molar refractivity (Wildman–Crippen MR) is 89.2 cm³/mol. The van der Waals surface area contributed by atoms with Gasteiger partial charge in [0.05, 0.1) is 24.1 Å². The predicted octanol–water partition coefficient (Wildman–Crippen LogP) is 2.17. The highest BCUT2D eigenvalue weighted by molar-refractivity contribution is 5.94. The van der Waals surface area contributed by atoms with Crippen molar-refractivity contribution in [1.29, 1.82) is 0 Å². The summed E-state index contributed by atoms with van der Waals surface area (Å²) in [6, 6.07) is 5.44. The quantitative estimate of drug-likeness (QED) is 0.405. The summed E-state index contributed by atoms with van der Waals surface area (Å²) < 4.78 is 10.5. The topological polar surface area (TPSA) is 99.0 Å². The Morgan fingerprint density at radius 1 is 1.36 bits per heavy atom. The van der Waals surface area contributed by atoms with Gasteiger partial charge in [0.2, 0.25) is 0 Å². The van der Waals surface area contributed by atoms with Crippen LogP contribution in [-0.2, 0) is 14.3 Å². The van der Waals surface area contributed by atoms with Gasteiger partial charge in [-0.15, -0.1) is 0 Å². The minimum Gasteiger partial charge on any atom is -0.466 e. The molecule has 0 N–H and O–H groups in total. The Morgan fingerprint density at radius 3 is 2.64 bits per heavy atom. The summed E-state index contributed by atoms with van der Waals surface area (Å²) in [5.41, 5.74) is 0.265. The Hall–Kier alpha value is -2.48. The molecule has 1 aliphatic heterocycles. The lowest BCUT2D eigenvalue weighted by Gasteiger charge is -2.25. The van der Waals surface area contributed by atoms with Crippen molar-refractivity contribution in [2.45, 2.75) is 32.3 Å². The zero-order valence-electron chi connectivity index (χ0n) is 14.2. The number of ether oxygens (including phenoxy) is 2. The van der Waals surface area contributed by atoms with Crippen LogP contribution in [0.3, 0.4) is 0 Å². The third-order valence-electron chi connectivity index (χ3n) is 3.95. The summed E-state index contributed by atoms with van der Waals surface area (Å²) in [6.07, 6.45) is 1.86. The number of nitro benzene ring substituents is 1. The molecule has 8 heteroatoms. The van der Waals surface area contributed by atoms with Gasteiger partial charge in [-0.1, -0.05) is 0 Å². The maximum absolute atomic E-state index is 12.7. The van der Waals surface area contributed by atoms with E-state index in [-0.39, 0.29) is 36.6 Å². The Balaban J connectivity index is 2.07. The highest BCUT2D eigenvalue weighted by Gasteiger charge is 2.24. The number of amides is 1. The third-order valence-corrected chi connectivity index (χ3v) is 3.95. The van der Waals surface area contributed by atoms with Crippen molar-refractivity contribution < 1.29 is 24.0 Å². The second-order valence-electron chi connectivity index (χ2n) is 5.75. The Kier molecular flexibility index (Phi) is 6.88. The molecule has 1 aliphatic rings. The van der Waals surface area contributed by atoms with Crippen LogP contribution in [0.25, 0.3) is 0 Å².